The van der Waals surface area contributed by atoms with Crippen LogP contribution in [0.4, 0.5) is 10.1 Å². The number of halogens is 1. The molecule has 2 aliphatic rings. The Labute approximate surface area is 151 Å². The lowest BCUT2D eigenvalue weighted by molar-refractivity contribution is 0.629. The van der Waals surface area contributed by atoms with Crippen LogP contribution in [0.3, 0.4) is 0 Å². The van der Waals surface area contributed by atoms with Crippen molar-refractivity contribution < 1.29 is 4.39 Å². The summed E-state index contributed by atoms with van der Waals surface area (Å²) in [4.78, 5) is 4.37. The highest BCUT2D eigenvalue weighted by molar-refractivity contribution is 8.14. The molecule has 1 aliphatic carbocycles. The van der Waals surface area contributed by atoms with Gasteiger partial charge < -0.3 is 4.57 Å². The first-order chi connectivity index (χ1) is 12.0. The maximum atomic E-state index is 13.9. The molecule has 0 amide bonds. The van der Waals surface area contributed by atoms with Gasteiger partial charge in [-0.1, -0.05) is 17.8 Å². The molecule has 25 heavy (non-hydrogen) atoms. The molecule has 1 aromatic heterocycles. The van der Waals surface area contributed by atoms with Crippen molar-refractivity contribution in [3.63, 3.8) is 0 Å². The lowest BCUT2D eigenvalue weighted by Crippen LogP contribution is -2.25. The third-order valence-corrected chi connectivity index (χ3v) is 5.54. The number of hydrazone groups is 1. The molecule has 1 N–H and O–H groups in total. The Kier molecular flexibility index (Phi) is 4.15. The van der Waals surface area contributed by atoms with E-state index in [1.807, 2.05) is 6.92 Å². The summed E-state index contributed by atoms with van der Waals surface area (Å²) in [5.41, 5.74) is 9.12. The van der Waals surface area contributed by atoms with Crippen LogP contribution in [0.25, 0.3) is 0 Å². The molecule has 130 valence electrons. The average Bonchev–Trinajstić information content (AvgIpc) is 3.37. The first-order valence-electron chi connectivity index (χ1n) is 8.52. The van der Waals surface area contributed by atoms with Crippen molar-refractivity contribution in [1.29, 1.82) is 0 Å². The van der Waals surface area contributed by atoms with Crippen LogP contribution in [-0.2, 0) is 0 Å². The van der Waals surface area contributed by atoms with Gasteiger partial charge in [-0.2, -0.15) is 5.10 Å². The summed E-state index contributed by atoms with van der Waals surface area (Å²) >= 11 is 1.56. The predicted molar refractivity (Wildman–Crippen MR) is 103 cm³/mol. The third-order valence-electron chi connectivity index (χ3n) is 4.66. The zero-order valence-electron chi connectivity index (χ0n) is 14.6. The molecule has 0 spiro atoms. The zero-order chi connectivity index (χ0) is 17.6. The SMILES string of the molecule is Cc1ccc(F)c(N=C2NN=C(c3cc(C)n(C4CC4)c3C)CS2)c1. The fourth-order valence-electron chi connectivity index (χ4n) is 3.29. The molecule has 1 aliphatic heterocycles. The number of nitrogens with one attached hydrogen (secondary N) is 1. The Hall–Kier alpha value is -2.08. The lowest BCUT2D eigenvalue weighted by Gasteiger charge is -2.15. The summed E-state index contributed by atoms with van der Waals surface area (Å²) in [7, 11) is 0. The summed E-state index contributed by atoms with van der Waals surface area (Å²) in [5, 5.41) is 5.13. The number of benzene rings is 1. The number of thioether (sulfide) groups is 1. The molecule has 4 nitrogen and oxygen atoms in total. The number of aliphatic imine (C=N–C) groups is 1. The van der Waals surface area contributed by atoms with E-state index < -0.39 is 0 Å². The predicted octanol–water partition coefficient (Wildman–Crippen LogP) is 4.62. The van der Waals surface area contributed by atoms with Gasteiger partial charge in [-0.15, -0.1) is 0 Å². The molecule has 4 rings (SSSR count). The molecule has 0 saturated heterocycles. The van der Waals surface area contributed by atoms with Gasteiger partial charge in [0, 0.05) is 28.7 Å². The van der Waals surface area contributed by atoms with Gasteiger partial charge in [-0.3, -0.25) is 5.43 Å². The van der Waals surface area contributed by atoms with Gasteiger partial charge in [-0.05, 0) is 57.4 Å². The van der Waals surface area contributed by atoms with Crippen LogP contribution < -0.4 is 5.43 Å². The minimum absolute atomic E-state index is 0.316. The molecule has 6 heteroatoms. The smallest absolute Gasteiger partial charge is 0.182 e. The molecule has 2 heterocycles. The maximum Gasteiger partial charge on any atom is 0.182 e. The van der Waals surface area contributed by atoms with Gasteiger partial charge in [0.15, 0.2) is 5.17 Å². The van der Waals surface area contributed by atoms with Gasteiger partial charge in [0.05, 0.1) is 5.71 Å². The van der Waals surface area contributed by atoms with E-state index in [4.69, 9.17) is 0 Å². The Bertz CT molecular complexity index is 893. The summed E-state index contributed by atoms with van der Waals surface area (Å²) in [6.07, 6.45) is 2.54. The average molecular weight is 356 g/mol. The number of hydrogen-bond acceptors (Lipinski definition) is 3. The number of nitrogens with zero attached hydrogens (tertiary/aromatic N) is 3. The fourth-order valence-corrected chi connectivity index (χ4v) is 4.06. The number of aromatic nitrogens is 1. The van der Waals surface area contributed by atoms with Gasteiger partial charge >= 0.3 is 0 Å². The minimum Gasteiger partial charge on any atom is -0.345 e. The summed E-state index contributed by atoms with van der Waals surface area (Å²) in [6, 6.07) is 7.82. The van der Waals surface area contributed by atoms with E-state index in [2.05, 4.69) is 40.0 Å². The number of hydrogen-bond donors (Lipinski definition) is 1. The van der Waals surface area contributed by atoms with Crippen molar-refractivity contribution in [2.45, 2.75) is 39.7 Å². The standard InChI is InChI=1S/C19H21FN4S/c1-11-4-7-16(20)17(8-11)21-19-23-22-18(10-25-19)15-9-12(2)24(13(15)3)14-5-6-14/h4,7-9,14H,5-6,10H2,1-3H3,(H,21,23). The first kappa shape index (κ1) is 16.4. The van der Waals surface area contributed by atoms with Crippen LogP contribution in [0, 0.1) is 26.6 Å². The second-order valence-corrected chi connectivity index (χ2v) is 7.68. The number of amidine groups is 1. The fraction of sp³-hybridized carbons (Fsp3) is 0.368. The van der Waals surface area contributed by atoms with Crippen molar-refractivity contribution >= 4 is 28.3 Å². The van der Waals surface area contributed by atoms with Gasteiger partial charge in [0.2, 0.25) is 0 Å². The molecule has 0 unspecified atom stereocenters. The van der Waals surface area contributed by atoms with Crippen molar-refractivity contribution in [2.24, 2.45) is 10.1 Å². The lowest BCUT2D eigenvalue weighted by atomic mass is 10.1. The normalized spacial score (nSPS) is 19.0. The van der Waals surface area contributed by atoms with Gasteiger partial charge in [-0.25, -0.2) is 9.38 Å². The van der Waals surface area contributed by atoms with Gasteiger partial charge in [0.1, 0.15) is 11.5 Å². The number of aryl methyl sites for hydroxylation is 2. The Balaban J connectivity index is 1.57. The highest BCUT2D eigenvalue weighted by Gasteiger charge is 2.28. The van der Waals surface area contributed by atoms with Crippen molar-refractivity contribution in [3.8, 4) is 0 Å². The largest absolute Gasteiger partial charge is 0.345 e. The number of rotatable bonds is 3. The summed E-state index contributed by atoms with van der Waals surface area (Å²) in [6.45, 7) is 6.25. The first-order valence-corrected chi connectivity index (χ1v) is 9.50. The van der Waals surface area contributed by atoms with Crippen molar-refractivity contribution in [1.82, 2.24) is 9.99 Å². The molecule has 0 atom stereocenters. The van der Waals surface area contributed by atoms with Gasteiger partial charge in [0.25, 0.3) is 0 Å². The van der Waals surface area contributed by atoms with E-state index in [9.17, 15) is 4.39 Å². The van der Waals surface area contributed by atoms with Crippen molar-refractivity contribution in [3.05, 3.63) is 52.6 Å². The van der Waals surface area contributed by atoms with Crippen LogP contribution in [0.1, 0.15) is 41.4 Å². The molecule has 0 bridgehead atoms. The quantitative estimate of drug-likeness (QED) is 0.872. The van der Waals surface area contributed by atoms with E-state index in [0.717, 1.165) is 17.0 Å². The highest BCUT2D eigenvalue weighted by atomic mass is 32.2. The highest BCUT2D eigenvalue weighted by Crippen LogP contribution is 2.38. The minimum atomic E-state index is -0.316. The second kappa shape index (κ2) is 6.33. The van der Waals surface area contributed by atoms with Crippen molar-refractivity contribution in [2.75, 3.05) is 5.75 Å². The molecule has 0 radical (unpaired) electrons. The maximum absolute atomic E-state index is 13.9. The molecular weight excluding hydrogens is 335 g/mol. The molecular formula is C19H21FN4S. The Morgan fingerprint density at radius 1 is 1.24 bits per heavy atom. The van der Waals surface area contributed by atoms with E-state index >= 15 is 0 Å². The monoisotopic (exact) mass is 356 g/mol. The molecule has 2 aromatic rings. The molecule has 1 aromatic carbocycles. The van der Waals surface area contributed by atoms with Crippen LogP contribution >= 0.6 is 11.8 Å². The van der Waals surface area contributed by atoms with Crippen LogP contribution in [0.15, 0.2) is 34.4 Å². The van der Waals surface area contributed by atoms with E-state index in [1.165, 1.54) is 35.9 Å². The van der Waals surface area contributed by atoms with Crippen LogP contribution in [0.5, 0.6) is 0 Å². The van der Waals surface area contributed by atoms with E-state index in [1.54, 1.807) is 23.9 Å². The molecule has 1 saturated carbocycles. The summed E-state index contributed by atoms with van der Waals surface area (Å²) < 4.78 is 16.3. The van der Waals surface area contributed by atoms with E-state index in [-0.39, 0.29) is 5.82 Å². The molecule has 1 fully saturated rings. The summed E-state index contributed by atoms with van der Waals surface area (Å²) in [5.74, 6) is 0.414. The second-order valence-electron chi connectivity index (χ2n) is 6.72. The van der Waals surface area contributed by atoms with Crippen LogP contribution in [0.2, 0.25) is 0 Å². The zero-order valence-corrected chi connectivity index (χ0v) is 15.5. The van der Waals surface area contributed by atoms with Crippen LogP contribution in [-0.4, -0.2) is 21.2 Å². The Morgan fingerprint density at radius 3 is 2.72 bits per heavy atom. The third kappa shape index (κ3) is 3.23. The Morgan fingerprint density at radius 2 is 2.04 bits per heavy atom. The topological polar surface area (TPSA) is 41.7 Å². The van der Waals surface area contributed by atoms with E-state index in [0.29, 0.717) is 16.9 Å².